The SMILES string of the molecule is CCCCCC(=O)NC(C)CCN. The highest BCUT2D eigenvalue weighted by Crippen LogP contribution is 1.99. The van der Waals surface area contributed by atoms with E-state index in [1.54, 1.807) is 0 Å². The van der Waals surface area contributed by atoms with Gasteiger partial charge in [0.2, 0.25) is 5.91 Å². The summed E-state index contributed by atoms with van der Waals surface area (Å²) in [5.74, 6) is 0.161. The Kier molecular flexibility index (Phi) is 7.69. The van der Waals surface area contributed by atoms with Gasteiger partial charge in [-0.1, -0.05) is 19.8 Å². The molecule has 3 N–H and O–H groups in total. The highest BCUT2D eigenvalue weighted by atomic mass is 16.1. The van der Waals surface area contributed by atoms with Crippen LogP contribution in [0.1, 0.15) is 46.0 Å². The molecule has 0 aliphatic carbocycles. The van der Waals surface area contributed by atoms with Gasteiger partial charge in [0.05, 0.1) is 0 Å². The minimum Gasteiger partial charge on any atom is -0.354 e. The zero-order chi connectivity index (χ0) is 10.1. The Morgan fingerprint density at radius 1 is 1.46 bits per heavy atom. The van der Waals surface area contributed by atoms with E-state index in [4.69, 9.17) is 5.73 Å². The molecule has 0 rings (SSSR count). The fraction of sp³-hybridized carbons (Fsp3) is 0.900. The summed E-state index contributed by atoms with van der Waals surface area (Å²) in [7, 11) is 0. The van der Waals surface area contributed by atoms with Gasteiger partial charge in [0.1, 0.15) is 0 Å². The number of nitrogens with two attached hydrogens (primary N) is 1. The molecule has 1 atom stereocenters. The van der Waals surface area contributed by atoms with Gasteiger partial charge in [-0.05, 0) is 26.3 Å². The molecule has 1 amide bonds. The van der Waals surface area contributed by atoms with Crippen LogP contribution < -0.4 is 11.1 Å². The second-order valence-corrected chi connectivity index (χ2v) is 3.50. The van der Waals surface area contributed by atoms with Crippen molar-refractivity contribution in [2.45, 2.75) is 52.0 Å². The first-order valence-electron chi connectivity index (χ1n) is 5.20. The number of unbranched alkanes of at least 4 members (excludes halogenated alkanes) is 2. The minimum absolute atomic E-state index is 0.161. The second-order valence-electron chi connectivity index (χ2n) is 3.50. The largest absolute Gasteiger partial charge is 0.354 e. The van der Waals surface area contributed by atoms with E-state index in [-0.39, 0.29) is 11.9 Å². The van der Waals surface area contributed by atoms with Gasteiger partial charge in [0.15, 0.2) is 0 Å². The maximum atomic E-state index is 11.3. The number of nitrogens with one attached hydrogen (secondary N) is 1. The van der Waals surface area contributed by atoms with Crippen molar-refractivity contribution in [3.63, 3.8) is 0 Å². The molecule has 0 saturated heterocycles. The van der Waals surface area contributed by atoms with Gasteiger partial charge in [-0.3, -0.25) is 4.79 Å². The lowest BCUT2D eigenvalue weighted by Crippen LogP contribution is -2.33. The van der Waals surface area contributed by atoms with Crippen LogP contribution in [0, 0.1) is 0 Å². The molecule has 3 nitrogen and oxygen atoms in total. The Morgan fingerprint density at radius 2 is 2.15 bits per heavy atom. The molecule has 0 aliphatic rings. The molecule has 0 aromatic rings. The van der Waals surface area contributed by atoms with Crippen molar-refractivity contribution >= 4 is 5.91 Å². The Balaban J connectivity index is 3.38. The lowest BCUT2D eigenvalue weighted by atomic mass is 10.2. The molecular formula is C10H22N2O. The fourth-order valence-electron chi connectivity index (χ4n) is 1.20. The van der Waals surface area contributed by atoms with E-state index in [1.165, 1.54) is 0 Å². The quantitative estimate of drug-likeness (QED) is 0.591. The monoisotopic (exact) mass is 186 g/mol. The summed E-state index contributed by atoms with van der Waals surface area (Å²) < 4.78 is 0. The van der Waals surface area contributed by atoms with Gasteiger partial charge in [-0.15, -0.1) is 0 Å². The molecule has 3 heteroatoms. The molecule has 0 bridgehead atoms. The molecule has 0 radical (unpaired) electrons. The number of rotatable bonds is 7. The van der Waals surface area contributed by atoms with Gasteiger partial charge in [-0.25, -0.2) is 0 Å². The van der Waals surface area contributed by atoms with Crippen LogP contribution in [0.25, 0.3) is 0 Å². The predicted molar refractivity (Wildman–Crippen MR) is 55.4 cm³/mol. The third-order valence-corrected chi connectivity index (χ3v) is 2.01. The molecule has 78 valence electrons. The number of hydrogen-bond donors (Lipinski definition) is 2. The first-order valence-corrected chi connectivity index (χ1v) is 5.20. The smallest absolute Gasteiger partial charge is 0.220 e. The third kappa shape index (κ3) is 7.78. The normalized spacial score (nSPS) is 12.5. The average molecular weight is 186 g/mol. The molecule has 0 fully saturated rings. The number of carbonyl (C=O) groups is 1. The van der Waals surface area contributed by atoms with Crippen molar-refractivity contribution < 1.29 is 4.79 Å². The van der Waals surface area contributed by atoms with Crippen molar-refractivity contribution in [2.75, 3.05) is 6.54 Å². The third-order valence-electron chi connectivity index (χ3n) is 2.01. The highest BCUT2D eigenvalue weighted by Gasteiger charge is 2.05. The Hall–Kier alpha value is -0.570. The predicted octanol–water partition coefficient (Wildman–Crippen LogP) is 1.42. The van der Waals surface area contributed by atoms with Crippen molar-refractivity contribution in [1.29, 1.82) is 0 Å². The van der Waals surface area contributed by atoms with Crippen molar-refractivity contribution in [3.05, 3.63) is 0 Å². The Labute approximate surface area is 81.1 Å². The average Bonchev–Trinajstić information content (AvgIpc) is 2.05. The number of carbonyl (C=O) groups excluding carboxylic acids is 1. The standard InChI is InChI=1S/C10H22N2O/c1-3-4-5-6-10(13)12-9(2)7-8-11/h9H,3-8,11H2,1-2H3,(H,12,13). The molecular weight excluding hydrogens is 164 g/mol. The lowest BCUT2D eigenvalue weighted by Gasteiger charge is -2.12. The van der Waals surface area contributed by atoms with Crippen LogP contribution in [-0.4, -0.2) is 18.5 Å². The molecule has 0 spiro atoms. The topological polar surface area (TPSA) is 55.1 Å². The molecule has 0 aliphatic heterocycles. The summed E-state index contributed by atoms with van der Waals surface area (Å²) in [5, 5.41) is 2.92. The first-order chi connectivity index (χ1) is 6.20. The molecule has 0 saturated carbocycles. The van der Waals surface area contributed by atoms with Gasteiger partial charge in [0, 0.05) is 12.5 Å². The van der Waals surface area contributed by atoms with Crippen molar-refractivity contribution in [1.82, 2.24) is 5.32 Å². The highest BCUT2D eigenvalue weighted by molar-refractivity contribution is 5.76. The van der Waals surface area contributed by atoms with Crippen LogP contribution in [0.15, 0.2) is 0 Å². The summed E-state index contributed by atoms with van der Waals surface area (Å²) in [6.45, 7) is 4.76. The van der Waals surface area contributed by atoms with Gasteiger partial charge in [0.25, 0.3) is 0 Å². The lowest BCUT2D eigenvalue weighted by molar-refractivity contribution is -0.121. The Morgan fingerprint density at radius 3 is 2.69 bits per heavy atom. The summed E-state index contributed by atoms with van der Waals surface area (Å²) in [4.78, 5) is 11.3. The maximum Gasteiger partial charge on any atom is 0.220 e. The zero-order valence-electron chi connectivity index (χ0n) is 8.81. The summed E-state index contributed by atoms with van der Waals surface area (Å²) in [6, 6.07) is 0.221. The first kappa shape index (κ1) is 12.4. The van der Waals surface area contributed by atoms with E-state index >= 15 is 0 Å². The number of amides is 1. The minimum atomic E-state index is 0.161. The second kappa shape index (κ2) is 8.05. The van der Waals surface area contributed by atoms with Gasteiger partial charge in [-0.2, -0.15) is 0 Å². The number of hydrogen-bond acceptors (Lipinski definition) is 2. The maximum absolute atomic E-state index is 11.3. The van der Waals surface area contributed by atoms with Crippen LogP contribution in [0.4, 0.5) is 0 Å². The van der Waals surface area contributed by atoms with E-state index in [0.717, 1.165) is 25.7 Å². The summed E-state index contributed by atoms with van der Waals surface area (Å²) in [6.07, 6.45) is 4.81. The van der Waals surface area contributed by atoms with Crippen LogP contribution >= 0.6 is 0 Å². The van der Waals surface area contributed by atoms with Gasteiger partial charge < -0.3 is 11.1 Å². The summed E-state index contributed by atoms with van der Waals surface area (Å²) in [5.41, 5.74) is 5.38. The van der Waals surface area contributed by atoms with Gasteiger partial charge >= 0.3 is 0 Å². The van der Waals surface area contributed by atoms with Crippen molar-refractivity contribution in [3.8, 4) is 0 Å². The molecule has 0 aromatic heterocycles. The fourth-order valence-corrected chi connectivity index (χ4v) is 1.20. The van der Waals surface area contributed by atoms with Crippen LogP contribution in [0.5, 0.6) is 0 Å². The van der Waals surface area contributed by atoms with E-state index in [2.05, 4.69) is 12.2 Å². The summed E-state index contributed by atoms with van der Waals surface area (Å²) >= 11 is 0. The van der Waals surface area contributed by atoms with E-state index < -0.39 is 0 Å². The van der Waals surface area contributed by atoms with Crippen LogP contribution in [0.2, 0.25) is 0 Å². The molecule has 1 unspecified atom stereocenters. The van der Waals surface area contributed by atoms with E-state index in [1.807, 2.05) is 6.92 Å². The van der Waals surface area contributed by atoms with Crippen LogP contribution in [-0.2, 0) is 4.79 Å². The molecule has 13 heavy (non-hydrogen) atoms. The van der Waals surface area contributed by atoms with Crippen molar-refractivity contribution in [2.24, 2.45) is 5.73 Å². The van der Waals surface area contributed by atoms with Crippen LogP contribution in [0.3, 0.4) is 0 Å². The Bertz CT molecular complexity index is 137. The molecule has 0 heterocycles. The van der Waals surface area contributed by atoms with E-state index in [0.29, 0.717) is 13.0 Å². The molecule has 0 aromatic carbocycles. The van der Waals surface area contributed by atoms with E-state index in [9.17, 15) is 4.79 Å². The zero-order valence-corrected chi connectivity index (χ0v) is 8.81.